The number of guanidine groups is 1. The fraction of sp³-hybridized carbons (Fsp3) is 0.800. The highest BCUT2D eigenvalue weighted by Crippen LogP contribution is 2.20. The SMILES string of the molecule is CCc1nc(CN2CCC(CNC(=NC)NC3CCCCC3)CC2)cs1. The molecule has 1 aromatic rings. The maximum absolute atomic E-state index is 4.71. The number of aryl methyl sites for hydroxylation is 1. The van der Waals surface area contributed by atoms with Crippen LogP contribution in [0.3, 0.4) is 0 Å². The number of hydrogen-bond donors (Lipinski definition) is 2. The zero-order chi connectivity index (χ0) is 18.2. The number of rotatable bonds is 6. The molecule has 146 valence electrons. The van der Waals surface area contributed by atoms with Crippen molar-refractivity contribution >= 4 is 17.3 Å². The van der Waals surface area contributed by atoms with Crippen molar-refractivity contribution < 1.29 is 0 Å². The lowest BCUT2D eigenvalue weighted by atomic mass is 9.95. The molecule has 1 saturated heterocycles. The van der Waals surface area contributed by atoms with E-state index in [2.05, 4.69) is 32.8 Å². The minimum Gasteiger partial charge on any atom is -0.356 e. The summed E-state index contributed by atoms with van der Waals surface area (Å²) in [5, 5.41) is 10.7. The van der Waals surface area contributed by atoms with Crippen LogP contribution in [-0.4, -0.2) is 48.6 Å². The van der Waals surface area contributed by atoms with Crippen molar-refractivity contribution in [1.29, 1.82) is 0 Å². The molecule has 1 aliphatic carbocycles. The molecule has 2 N–H and O–H groups in total. The van der Waals surface area contributed by atoms with E-state index in [1.165, 1.54) is 68.7 Å². The molecule has 2 aliphatic rings. The summed E-state index contributed by atoms with van der Waals surface area (Å²) < 4.78 is 0. The Balaban J connectivity index is 1.35. The van der Waals surface area contributed by atoms with Gasteiger partial charge in [0.25, 0.3) is 0 Å². The minimum absolute atomic E-state index is 0.614. The minimum atomic E-state index is 0.614. The van der Waals surface area contributed by atoms with Crippen LogP contribution in [0, 0.1) is 5.92 Å². The monoisotopic (exact) mass is 377 g/mol. The van der Waals surface area contributed by atoms with Crippen LogP contribution in [0.5, 0.6) is 0 Å². The molecule has 0 aromatic carbocycles. The summed E-state index contributed by atoms with van der Waals surface area (Å²) in [6, 6.07) is 0.614. The van der Waals surface area contributed by atoms with Gasteiger partial charge in [-0.2, -0.15) is 0 Å². The Hall–Kier alpha value is -1.14. The van der Waals surface area contributed by atoms with E-state index < -0.39 is 0 Å². The number of aliphatic imine (C=N–C) groups is 1. The van der Waals surface area contributed by atoms with Gasteiger partial charge in [-0.15, -0.1) is 11.3 Å². The van der Waals surface area contributed by atoms with Crippen molar-refractivity contribution in [1.82, 2.24) is 20.5 Å². The molecule has 6 heteroatoms. The third-order valence-corrected chi connectivity index (χ3v) is 6.76. The summed E-state index contributed by atoms with van der Waals surface area (Å²) in [5.41, 5.74) is 1.25. The van der Waals surface area contributed by atoms with Crippen molar-refractivity contribution in [2.24, 2.45) is 10.9 Å². The summed E-state index contributed by atoms with van der Waals surface area (Å²) in [7, 11) is 1.89. The zero-order valence-electron chi connectivity index (χ0n) is 16.5. The van der Waals surface area contributed by atoms with Gasteiger partial charge < -0.3 is 10.6 Å². The third-order valence-electron chi connectivity index (χ3n) is 5.72. The van der Waals surface area contributed by atoms with Crippen molar-refractivity contribution in [2.45, 2.75) is 70.9 Å². The number of nitrogens with one attached hydrogen (secondary N) is 2. The first-order chi connectivity index (χ1) is 12.8. The quantitative estimate of drug-likeness (QED) is 0.589. The number of aromatic nitrogens is 1. The van der Waals surface area contributed by atoms with E-state index in [9.17, 15) is 0 Å². The summed E-state index contributed by atoms with van der Waals surface area (Å²) >= 11 is 1.80. The summed E-state index contributed by atoms with van der Waals surface area (Å²) in [6.07, 6.45) is 10.2. The standard InChI is InChI=1S/C20H35N5S/c1-3-19-23-18(15-26-19)14-25-11-9-16(10-12-25)13-22-20(21-2)24-17-7-5-4-6-8-17/h15-17H,3-14H2,1-2H3,(H2,21,22,24). The second-order valence-electron chi connectivity index (χ2n) is 7.74. The molecule has 2 heterocycles. The largest absolute Gasteiger partial charge is 0.356 e. The first-order valence-corrected chi connectivity index (χ1v) is 11.3. The van der Waals surface area contributed by atoms with Crippen LogP contribution in [0.25, 0.3) is 0 Å². The van der Waals surface area contributed by atoms with Gasteiger partial charge in [0.2, 0.25) is 0 Å². The Bertz CT molecular complexity index is 556. The molecule has 1 aliphatic heterocycles. The van der Waals surface area contributed by atoms with Gasteiger partial charge in [0.15, 0.2) is 5.96 Å². The molecular formula is C20H35N5S. The molecule has 0 atom stereocenters. The van der Waals surface area contributed by atoms with Crippen LogP contribution < -0.4 is 10.6 Å². The normalized spacial score (nSPS) is 21.1. The van der Waals surface area contributed by atoms with E-state index in [4.69, 9.17) is 4.98 Å². The Morgan fingerprint density at radius 1 is 1.23 bits per heavy atom. The predicted octanol–water partition coefficient (Wildman–Crippen LogP) is 3.42. The van der Waals surface area contributed by atoms with E-state index in [0.717, 1.165) is 31.4 Å². The van der Waals surface area contributed by atoms with E-state index in [1.54, 1.807) is 11.3 Å². The van der Waals surface area contributed by atoms with Crippen molar-refractivity contribution in [3.8, 4) is 0 Å². The summed E-state index contributed by atoms with van der Waals surface area (Å²) in [4.78, 5) is 11.7. The van der Waals surface area contributed by atoms with E-state index in [0.29, 0.717) is 6.04 Å². The molecular weight excluding hydrogens is 342 g/mol. The zero-order valence-corrected chi connectivity index (χ0v) is 17.3. The van der Waals surface area contributed by atoms with Gasteiger partial charge in [-0.1, -0.05) is 26.2 Å². The highest BCUT2D eigenvalue weighted by Gasteiger charge is 2.21. The molecule has 1 saturated carbocycles. The molecule has 3 rings (SSSR count). The van der Waals surface area contributed by atoms with Crippen LogP contribution in [-0.2, 0) is 13.0 Å². The maximum atomic E-state index is 4.71. The van der Waals surface area contributed by atoms with Crippen LogP contribution >= 0.6 is 11.3 Å². The average Bonchev–Trinajstić information content (AvgIpc) is 3.14. The molecule has 0 unspecified atom stereocenters. The first kappa shape index (κ1) is 19.6. The first-order valence-electron chi connectivity index (χ1n) is 10.4. The van der Waals surface area contributed by atoms with Gasteiger partial charge in [0, 0.05) is 31.6 Å². The van der Waals surface area contributed by atoms with Crippen LogP contribution in [0.2, 0.25) is 0 Å². The summed E-state index contributed by atoms with van der Waals surface area (Å²) in [6.45, 7) is 6.59. The molecule has 0 spiro atoms. The maximum Gasteiger partial charge on any atom is 0.191 e. The Morgan fingerprint density at radius 2 is 2.00 bits per heavy atom. The molecule has 1 aromatic heterocycles. The highest BCUT2D eigenvalue weighted by molar-refractivity contribution is 7.09. The number of hydrogen-bond acceptors (Lipinski definition) is 4. The Morgan fingerprint density at radius 3 is 2.65 bits per heavy atom. The fourth-order valence-corrected chi connectivity index (χ4v) is 4.77. The fourth-order valence-electron chi connectivity index (χ4n) is 4.04. The van der Waals surface area contributed by atoms with E-state index in [-0.39, 0.29) is 0 Å². The molecule has 0 radical (unpaired) electrons. The predicted molar refractivity (Wildman–Crippen MR) is 111 cm³/mol. The third kappa shape index (κ3) is 5.95. The van der Waals surface area contributed by atoms with Crippen LogP contribution in [0.15, 0.2) is 10.4 Å². The van der Waals surface area contributed by atoms with Gasteiger partial charge in [0.1, 0.15) is 0 Å². The van der Waals surface area contributed by atoms with Crippen molar-refractivity contribution in [3.63, 3.8) is 0 Å². The second kappa shape index (κ2) is 10.3. The van der Waals surface area contributed by atoms with Gasteiger partial charge in [-0.3, -0.25) is 9.89 Å². The number of thiazole rings is 1. The van der Waals surface area contributed by atoms with Gasteiger partial charge in [-0.25, -0.2) is 4.98 Å². The second-order valence-corrected chi connectivity index (χ2v) is 8.68. The van der Waals surface area contributed by atoms with Crippen molar-refractivity contribution in [3.05, 3.63) is 16.1 Å². The lowest BCUT2D eigenvalue weighted by Crippen LogP contribution is -2.46. The smallest absolute Gasteiger partial charge is 0.191 e. The van der Waals surface area contributed by atoms with Crippen molar-refractivity contribution in [2.75, 3.05) is 26.7 Å². The molecule has 0 amide bonds. The van der Waals surface area contributed by atoms with E-state index >= 15 is 0 Å². The highest BCUT2D eigenvalue weighted by atomic mass is 32.1. The lowest BCUT2D eigenvalue weighted by Gasteiger charge is -2.32. The molecule has 0 bridgehead atoms. The van der Waals surface area contributed by atoms with E-state index in [1.807, 2.05) is 7.05 Å². The van der Waals surface area contributed by atoms with Crippen LogP contribution in [0.1, 0.15) is 62.6 Å². The van der Waals surface area contributed by atoms with Gasteiger partial charge >= 0.3 is 0 Å². The van der Waals surface area contributed by atoms with Crippen LogP contribution in [0.4, 0.5) is 0 Å². The summed E-state index contributed by atoms with van der Waals surface area (Å²) in [5.74, 6) is 1.74. The topological polar surface area (TPSA) is 52.6 Å². The van der Waals surface area contributed by atoms with Gasteiger partial charge in [0.05, 0.1) is 10.7 Å². The number of likely N-dealkylation sites (tertiary alicyclic amines) is 1. The lowest BCUT2D eigenvalue weighted by molar-refractivity contribution is 0.176. The molecule has 26 heavy (non-hydrogen) atoms. The molecule has 2 fully saturated rings. The Labute approximate surface area is 162 Å². The number of nitrogens with zero attached hydrogens (tertiary/aromatic N) is 3. The molecule has 5 nitrogen and oxygen atoms in total. The number of piperidine rings is 1. The Kier molecular flexibility index (Phi) is 7.74. The average molecular weight is 378 g/mol. The van der Waals surface area contributed by atoms with Gasteiger partial charge in [-0.05, 0) is 51.1 Å².